The van der Waals surface area contributed by atoms with Crippen molar-refractivity contribution in [2.45, 2.75) is 32.8 Å². The molecule has 2 heterocycles. The third kappa shape index (κ3) is 5.22. The standard InChI is InChI=1S/C15H20N2O2S2/c1-10(2)6-12(18)8-16-14(19)7-11-9-21-15(17-11)13-4-3-5-20-13/h3-5,9-10,12,18H,6-8H2,1-2H3,(H,16,19). The maximum absolute atomic E-state index is 11.8. The van der Waals surface area contributed by atoms with E-state index in [0.717, 1.165) is 15.6 Å². The molecule has 0 aromatic carbocycles. The molecule has 2 aromatic heterocycles. The quantitative estimate of drug-likeness (QED) is 0.823. The Labute approximate surface area is 132 Å². The number of rotatable bonds is 7. The summed E-state index contributed by atoms with van der Waals surface area (Å²) in [6.07, 6.45) is 0.474. The number of hydrogen-bond donors (Lipinski definition) is 2. The molecule has 2 N–H and O–H groups in total. The molecule has 0 aliphatic heterocycles. The van der Waals surface area contributed by atoms with Crippen molar-refractivity contribution >= 4 is 28.6 Å². The lowest BCUT2D eigenvalue weighted by molar-refractivity contribution is -0.121. The second-order valence-electron chi connectivity index (χ2n) is 5.39. The van der Waals surface area contributed by atoms with Crippen LogP contribution in [0.2, 0.25) is 0 Å². The predicted octanol–water partition coefficient (Wildman–Crippen LogP) is 2.94. The molecule has 114 valence electrons. The number of thiophene rings is 1. The fourth-order valence-corrected chi connectivity index (χ4v) is 3.62. The summed E-state index contributed by atoms with van der Waals surface area (Å²) in [4.78, 5) is 17.4. The number of aromatic nitrogens is 1. The van der Waals surface area contributed by atoms with Crippen LogP contribution < -0.4 is 5.32 Å². The van der Waals surface area contributed by atoms with Gasteiger partial charge in [0.25, 0.3) is 0 Å². The van der Waals surface area contributed by atoms with E-state index in [-0.39, 0.29) is 12.3 Å². The molecule has 1 unspecified atom stereocenters. The van der Waals surface area contributed by atoms with Gasteiger partial charge in [0.05, 0.1) is 23.1 Å². The number of carbonyl (C=O) groups is 1. The van der Waals surface area contributed by atoms with E-state index in [1.165, 1.54) is 0 Å². The zero-order chi connectivity index (χ0) is 15.2. The van der Waals surface area contributed by atoms with Crippen LogP contribution in [0.3, 0.4) is 0 Å². The number of nitrogens with one attached hydrogen (secondary N) is 1. The van der Waals surface area contributed by atoms with Crippen LogP contribution in [-0.2, 0) is 11.2 Å². The van der Waals surface area contributed by atoms with Gasteiger partial charge in [-0.25, -0.2) is 4.98 Å². The van der Waals surface area contributed by atoms with Gasteiger partial charge in [-0.05, 0) is 23.8 Å². The monoisotopic (exact) mass is 324 g/mol. The Morgan fingerprint density at radius 2 is 2.24 bits per heavy atom. The first kappa shape index (κ1) is 16.1. The van der Waals surface area contributed by atoms with Gasteiger partial charge in [-0.15, -0.1) is 22.7 Å². The van der Waals surface area contributed by atoms with E-state index in [4.69, 9.17) is 0 Å². The highest BCUT2D eigenvalue weighted by Crippen LogP contribution is 2.27. The molecule has 4 nitrogen and oxygen atoms in total. The molecular weight excluding hydrogens is 304 g/mol. The first-order chi connectivity index (χ1) is 10.0. The first-order valence-corrected chi connectivity index (χ1v) is 8.73. The van der Waals surface area contributed by atoms with Crippen LogP contribution in [0.5, 0.6) is 0 Å². The van der Waals surface area contributed by atoms with Gasteiger partial charge in [0.15, 0.2) is 0 Å². The molecular formula is C15H20N2O2S2. The van der Waals surface area contributed by atoms with E-state index < -0.39 is 6.10 Å². The predicted molar refractivity (Wildman–Crippen MR) is 87.6 cm³/mol. The highest BCUT2D eigenvalue weighted by atomic mass is 32.1. The van der Waals surface area contributed by atoms with Crippen LogP contribution in [-0.4, -0.2) is 28.6 Å². The van der Waals surface area contributed by atoms with Crippen LogP contribution in [0.4, 0.5) is 0 Å². The van der Waals surface area contributed by atoms with Gasteiger partial charge < -0.3 is 10.4 Å². The SMILES string of the molecule is CC(C)CC(O)CNC(=O)Cc1csc(-c2cccs2)n1. The second kappa shape index (κ2) is 7.68. The second-order valence-corrected chi connectivity index (χ2v) is 7.19. The fraction of sp³-hybridized carbons (Fsp3) is 0.467. The van der Waals surface area contributed by atoms with Crippen LogP contribution in [0.25, 0.3) is 9.88 Å². The van der Waals surface area contributed by atoms with Crippen molar-refractivity contribution in [1.82, 2.24) is 10.3 Å². The topological polar surface area (TPSA) is 62.2 Å². The smallest absolute Gasteiger partial charge is 0.226 e. The Kier molecular flexibility index (Phi) is 5.90. The largest absolute Gasteiger partial charge is 0.391 e. The molecule has 0 aliphatic carbocycles. The highest BCUT2D eigenvalue weighted by Gasteiger charge is 2.12. The summed E-state index contributed by atoms with van der Waals surface area (Å²) >= 11 is 3.19. The van der Waals surface area contributed by atoms with Gasteiger partial charge in [-0.1, -0.05) is 19.9 Å². The molecule has 21 heavy (non-hydrogen) atoms. The molecule has 2 aromatic rings. The van der Waals surface area contributed by atoms with E-state index in [0.29, 0.717) is 18.9 Å². The van der Waals surface area contributed by atoms with Gasteiger partial charge in [0.2, 0.25) is 5.91 Å². The Morgan fingerprint density at radius 1 is 1.43 bits per heavy atom. The summed E-state index contributed by atoms with van der Waals surface area (Å²) in [6.45, 7) is 4.40. The summed E-state index contributed by atoms with van der Waals surface area (Å²) in [5, 5.41) is 17.4. The number of thiazole rings is 1. The van der Waals surface area contributed by atoms with E-state index in [1.807, 2.05) is 36.7 Å². The number of nitrogens with zero attached hydrogens (tertiary/aromatic N) is 1. The van der Waals surface area contributed by atoms with Crippen molar-refractivity contribution in [2.75, 3.05) is 6.54 Å². The molecule has 1 amide bonds. The van der Waals surface area contributed by atoms with Gasteiger partial charge in [-0.3, -0.25) is 4.79 Å². The molecule has 0 saturated carbocycles. The van der Waals surface area contributed by atoms with Gasteiger partial charge in [0, 0.05) is 11.9 Å². The molecule has 0 aliphatic rings. The minimum Gasteiger partial charge on any atom is -0.391 e. The first-order valence-electron chi connectivity index (χ1n) is 6.97. The molecule has 0 spiro atoms. The van der Waals surface area contributed by atoms with Crippen LogP contribution in [0.1, 0.15) is 26.0 Å². The normalized spacial score (nSPS) is 12.6. The lowest BCUT2D eigenvalue weighted by Crippen LogP contribution is -2.33. The third-order valence-corrected chi connectivity index (χ3v) is 4.83. The van der Waals surface area contributed by atoms with Gasteiger partial charge >= 0.3 is 0 Å². The van der Waals surface area contributed by atoms with Crippen molar-refractivity contribution in [2.24, 2.45) is 5.92 Å². The molecule has 0 fully saturated rings. The Morgan fingerprint density at radius 3 is 2.90 bits per heavy atom. The highest BCUT2D eigenvalue weighted by molar-refractivity contribution is 7.20. The number of hydrogen-bond acceptors (Lipinski definition) is 5. The Balaban J connectivity index is 1.80. The van der Waals surface area contributed by atoms with Crippen LogP contribution in [0, 0.1) is 5.92 Å². The fourth-order valence-electron chi connectivity index (χ4n) is 1.99. The van der Waals surface area contributed by atoms with Gasteiger partial charge in [0.1, 0.15) is 5.01 Å². The summed E-state index contributed by atoms with van der Waals surface area (Å²) in [5.74, 6) is 0.324. The minimum atomic E-state index is -0.480. The Hall–Kier alpha value is -1.24. The maximum atomic E-state index is 11.8. The summed E-state index contributed by atoms with van der Waals surface area (Å²) in [7, 11) is 0. The average molecular weight is 324 g/mol. The van der Waals surface area contributed by atoms with Crippen molar-refractivity contribution in [3.63, 3.8) is 0 Å². The van der Waals surface area contributed by atoms with E-state index in [9.17, 15) is 9.90 Å². The molecule has 1 atom stereocenters. The van der Waals surface area contributed by atoms with Crippen molar-refractivity contribution < 1.29 is 9.90 Å². The molecule has 0 saturated heterocycles. The lowest BCUT2D eigenvalue weighted by Gasteiger charge is -2.13. The Bertz CT molecular complexity index is 564. The van der Waals surface area contributed by atoms with Gasteiger partial charge in [-0.2, -0.15) is 0 Å². The zero-order valence-electron chi connectivity index (χ0n) is 12.2. The maximum Gasteiger partial charge on any atom is 0.226 e. The summed E-state index contributed by atoms with van der Waals surface area (Å²) in [6, 6.07) is 4.01. The van der Waals surface area contributed by atoms with E-state index in [1.54, 1.807) is 22.7 Å². The molecule has 0 radical (unpaired) electrons. The summed E-state index contributed by atoms with van der Waals surface area (Å²) < 4.78 is 0. The summed E-state index contributed by atoms with van der Waals surface area (Å²) in [5.41, 5.74) is 0.777. The van der Waals surface area contributed by atoms with E-state index >= 15 is 0 Å². The van der Waals surface area contributed by atoms with Crippen LogP contribution >= 0.6 is 22.7 Å². The number of amides is 1. The number of aliphatic hydroxyl groups excluding tert-OH is 1. The van der Waals surface area contributed by atoms with Crippen molar-refractivity contribution in [1.29, 1.82) is 0 Å². The number of carbonyl (C=O) groups excluding carboxylic acids is 1. The van der Waals surface area contributed by atoms with Crippen molar-refractivity contribution in [3.05, 3.63) is 28.6 Å². The minimum absolute atomic E-state index is 0.0964. The number of aliphatic hydroxyl groups is 1. The van der Waals surface area contributed by atoms with Crippen LogP contribution in [0.15, 0.2) is 22.9 Å². The zero-order valence-corrected chi connectivity index (χ0v) is 13.8. The van der Waals surface area contributed by atoms with E-state index in [2.05, 4.69) is 10.3 Å². The molecule has 2 rings (SSSR count). The van der Waals surface area contributed by atoms with Crippen molar-refractivity contribution in [3.8, 4) is 9.88 Å². The lowest BCUT2D eigenvalue weighted by atomic mass is 10.1. The average Bonchev–Trinajstić information content (AvgIpc) is 3.05. The molecule has 0 bridgehead atoms. The third-order valence-electron chi connectivity index (χ3n) is 2.90. The molecule has 6 heteroatoms.